The van der Waals surface area contributed by atoms with Gasteiger partial charge in [0.25, 0.3) is 11.8 Å². The van der Waals surface area contributed by atoms with Gasteiger partial charge in [0.15, 0.2) is 0 Å². The van der Waals surface area contributed by atoms with Gasteiger partial charge < -0.3 is 0 Å². The fourth-order valence-corrected chi connectivity index (χ4v) is 4.92. The molecule has 0 aliphatic carbocycles. The van der Waals surface area contributed by atoms with Gasteiger partial charge >= 0.3 is 0 Å². The van der Waals surface area contributed by atoms with Crippen LogP contribution in [-0.4, -0.2) is 36.7 Å². The quantitative estimate of drug-likeness (QED) is 0.555. The van der Waals surface area contributed by atoms with E-state index in [0.717, 1.165) is 22.6 Å². The molecule has 3 aromatic rings. The first kappa shape index (κ1) is 21.8. The molecule has 1 N–H and O–H groups in total. The number of aromatic nitrogens is 1. The Balaban J connectivity index is 1.58. The van der Waals surface area contributed by atoms with Crippen molar-refractivity contribution in [3.63, 3.8) is 0 Å². The highest BCUT2D eigenvalue weighted by Crippen LogP contribution is 2.26. The lowest BCUT2D eigenvalue weighted by atomic mass is 10.0. The summed E-state index contributed by atoms with van der Waals surface area (Å²) in [6, 6.07) is 15.7. The predicted molar refractivity (Wildman–Crippen MR) is 115 cm³/mol. The van der Waals surface area contributed by atoms with E-state index in [1.165, 1.54) is 18.3 Å². The van der Waals surface area contributed by atoms with Crippen LogP contribution in [0.2, 0.25) is 0 Å². The number of halogens is 1. The van der Waals surface area contributed by atoms with Crippen LogP contribution in [0.1, 0.15) is 44.8 Å². The highest BCUT2D eigenvalue weighted by molar-refractivity contribution is 7.89. The Bertz CT molecular complexity index is 1260. The molecule has 0 radical (unpaired) electrons. The van der Waals surface area contributed by atoms with Gasteiger partial charge in [-0.1, -0.05) is 43.3 Å². The zero-order valence-electron chi connectivity index (χ0n) is 17.2. The molecule has 4 rings (SSSR count). The van der Waals surface area contributed by atoms with Crippen LogP contribution in [0.3, 0.4) is 0 Å². The molecule has 2 heterocycles. The van der Waals surface area contributed by atoms with Crippen molar-refractivity contribution in [2.75, 3.05) is 6.54 Å². The fraction of sp³-hybridized carbons (Fsp3) is 0.174. The summed E-state index contributed by atoms with van der Waals surface area (Å²) in [5.41, 5.74) is 1.24. The summed E-state index contributed by atoms with van der Waals surface area (Å²) < 4.78 is 42.5. The summed E-state index contributed by atoms with van der Waals surface area (Å²) >= 11 is 0. The molecular formula is C23H20FN3O4S. The molecule has 7 nitrogen and oxygen atoms in total. The van der Waals surface area contributed by atoms with E-state index < -0.39 is 27.7 Å². The number of hydrogen-bond acceptors (Lipinski definition) is 5. The first-order valence-electron chi connectivity index (χ1n) is 9.92. The lowest BCUT2D eigenvalue weighted by Gasteiger charge is -2.18. The lowest BCUT2D eigenvalue weighted by Crippen LogP contribution is -2.32. The van der Waals surface area contributed by atoms with Crippen molar-refractivity contribution in [2.45, 2.75) is 24.3 Å². The van der Waals surface area contributed by atoms with Crippen LogP contribution >= 0.6 is 0 Å². The zero-order chi connectivity index (χ0) is 22.9. The number of sulfonamides is 1. The van der Waals surface area contributed by atoms with Crippen LogP contribution in [0, 0.1) is 5.82 Å². The molecule has 0 saturated carbocycles. The second kappa shape index (κ2) is 8.60. The van der Waals surface area contributed by atoms with E-state index >= 15 is 0 Å². The van der Waals surface area contributed by atoms with Crippen molar-refractivity contribution < 1.29 is 22.4 Å². The van der Waals surface area contributed by atoms with Crippen LogP contribution in [0.15, 0.2) is 71.8 Å². The zero-order valence-corrected chi connectivity index (χ0v) is 18.0. The van der Waals surface area contributed by atoms with E-state index in [1.807, 2.05) is 37.3 Å². The number of benzene rings is 2. The molecule has 2 aromatic carbocycles. The van der Waals surface area contributed by atoms with Gasteiger partial charge in [-0.2, -0.15) is 0 Å². The van der Waals surface area contributed by atoms with Crippen molar-refractivity contribution in [3.05, 3.63) is 95.1 Å². The van der Waals surface area contributed by atoms with Gasteiger partial charge in [-0.05, 0) is 41.3 Å². The van der Waals surface area contributed by atoms with Gasteiger partial charge in [0.2, 0.25) is 10.0 Å². The summed E-state index contributed by atoms with van der Waals surface area (Å²) in [7, 11) is -4.12. The molecule has 1 aliphatic rings. The van der Waals surface area contributed by atoms with Crippen molar-refractivity contribution in [2.24, 2.45) is 0 Å². The minimum absolute atomic E-state index is 0.0128. The third-order valence-corrected chi connectivity index (χ3v) is 6.83. The number of amides is 2. The molecular weight excluding hydrogens is 433 g/mol. The Hall–Kier alpha value is -3.43. The maximum atomic E-state index is 14.0. The molecule has 0 fully saturated rings. The SMILES string of the molecule is C[C@H](CNS(=O)(=O)c1cc(F)ccc1CN1C(=O)c2cccnc2C1=O)c1ccccc1. The smallest absolute Gasteiger partial charge is 0.268 e. The third kappa shape index (κ3) is 4.17. The molecule has 1 atom stereocenters. The monoisotopic (exact) mass is 453 g/mol. The summed E-state index contributed by atoms with van der Waals surface area (Å²) in [6.07, 6.45) is 1.40. The molecule has 164 valence electrons. The first-order chi connectivity index (χ1) is 15.3. The Morgan fingerprint density at radius 3 is 2.50 bits per heavy atom. The van der Waals surface area contributed by atoms with Gasteiger partial charge in [0.05, 0.1) is 17.0 Å². The second-order valence-corrected chi connectivity index (χ2v) is 9.25. The summed E-state index contributed by atoms with van der Waals surface area (Å²) in [5, 5.41) is 0. The highest BCUT2D eigenvalue weighted by Gasteiger charge is 2.37. The van der Waals surface area contributed by atoms with E-state index in [-0.39, 0.29) is 40.7 Å². The van der Waals surface area contributed by atoms with Gasteiger partial charge in [0, 0.05) is 12.7 Å². The molecule has 9 heteroatoms. The topological polar surface area (TPSA) is 96.4 Å². The highest BCUT2D eigenvalue weighted by atomic mass is 32.2. The first-order valence-corrected chi connectivity index (χ1v) is 11.4. The summed E-state index contributed by atoms with van der Waals surface area (Å²) in [4.78, 5) is 29.8. The molecule has 1 aliphatic heterocycles. The predicted octanol–water partition coefficient (Wildman–Crippen LogP) is 3.10. The van der Waals surface area contributed by atoms with Crippen molar-refractivity contribution in [3.8, 4) is 0 Å². The number of imide groups is 1. The summed E-state index contributed by atoms with van der Waals surface area (Å²) in [5.74, 6) is -2.06. The van der Waals surface area contributed by atoms with E-state index in [1.54, 1.807) is 6.07 Å². The Morgan fingerprint density at radius 2 is 1.78 bits per heavy atom. The maximum absolute atomic E-state index is 14.0. The van der Waals surface area contributed by atoms with E-state index in [2.05, 4.69) is 9.71 Å². The average Bonchev–Trinajstić information content (AvgIpc) is 3.04. The molecule has 0 unspecified atom stereocenters. The van der Waals surface area contributed by atoms with Crippen LogP contribution in [-0.2, 0) is 16.6 Å². The molecule has 2 amide bonds. The van der Waals surface area contributed by atoms with Crippen molar-refractivity contribution in [1.29, 1.82) is 0 Å². The van der Waals surface area contributed by atoms with Gasteiger partial charge in [-0.15, -0.1) is 0 Å². The van der Waals surface area contributed by atoms with Crippen molar-refractivity contribution in [1.82, 2.24) is 14.6 Å². The van der Waals surface area contributed by atoms with Crippen LogP contribution in [0.5, 0.6) is 0 Å². The van der Waals surface area contributed by atoms with Gasteiger partial charge in [-0.25, -0.2) is 17.5 Å². The minimum atomic E-state index is -4.12. The average molecular weight is 453 g/mol. The Kier molecular flexibility index (Phi) is 5.86. The molecule has 32 heavy (non-hydrogen) atoms. The standard InChI is InChI=1S/C23H20FN3O4S/c1-15(16-6-3-2-4-7-16)13-26-32(30,31)20-12-18(24)10-9-17(20)14-27-22(28)19-8-5-11-25-21(19)23(27)29/h2-12,15,26H,13-14H2,1H3/t15-/m1/s1. The second-order valence-electron chi connectivity index (χ2n) is 7.51. The van der Waals surface area contributed by atoms with Gasteiger partial charge in [-0.3, -0.25) is 19.5 Å². The number of hydrogen-bond donors (Lipinski definition) is 1. The van der Waals surface area contributed by atoms with E-state index in [0.29, 0.717) is 0 Å². The number of nitrogens with zero attached hydrogens (tertiary/aromatic N) is 2. The van der Waals surface area contributed by atoms with E-state index in [4.69, 9.17) is 0 Å². The number of fused-ring (bicyclic) bond motifs is 1. The van der Waals surface area contributed by atoms with Crippen LogP contribution in [0.25, 0.3) is 0 Å². The Morgan fingerprint density at radius 1 is 1.03 bits per heavy atom. The molecule has 0 spiro atoms. The van der Waals surface area contributed by atoms with Crippen LogP contribution < -0.4 is 4.72 Å². The third-order valence-electron chi connectivity index (χ3n) is 5.33. The molecule has 0 bridgehead atoms. The number of rotatable bonds is 7. The minimum Gasteiger partial charge on any atom is -0.268 e. The van der Waals surface area contributed by atoms with E-state index in [9.17, 15) is 22.4 Å². The number of nitrogens with one attached hydrogen (secondary N) is 1. The summed E-state index contributed by atoms with van der Waals surface area (Å²) in [6.45, 7) is 1.65. The maximum Gasteiger partial charge on any atom is 0.280 e. The molecule has 0 saturated heterocycles. The number of carbonyl (C=O) groups excluding carboxylic acids is 2. The lowest BCUT2D eigenvalue weighted by molar-refractivity contribution is 0.0639. The fourth-order valence-electron chi connectivity index (χ4n) is 3.55. The van der Waals surface area contributed by atoms with Gasteiger partial charge in [0.1, 0.15) is 11.5 Å². The van der Waals surface area contributed by atoms with Crippen LogP contribution in [0.4, 0.5) is 4.39 Å². The van der Waals surface area contributed by atoms with Crippen molar-refractivity contribution >= 4 is 21.8 Å². The number of pyridine rings is 1. The normalized spacial score (nSPS) is 14.5. The number of carbonyl (C=O) groups is 2. The molecule has 1 aromatic heterocycles. The largest absolute Gasteiger partial charge is 0.280 e. The Labute approximate surface area is 185 Å².